The second kappa shape index (κ2) is 8.87. The van der Waals surface area contributed by atoms with Crippen molar-refractivity contribution in [3.63, 3.8) is 0 Å². The van der Waals surface area contributed by atoms with Gasteiger partial charge in [0.05, 0.1) is 14.2 Å². The molecule has 1 N–H and O–H groups in total. The number of ether oxygens (including phenoxy) is 2. The van der Waals surface area contributed by atoms with Gasteiger partial charge in [0.2, 0.25) is 0 Å². The maximum atomic E-state index is 5.52. The summed E-state index contributed by atoms with van der Waals surface area (Å²) in [4.78, 5) is 6.73. The molecule has 1 aliphatic heterocycles. The Balaban J connectivity index is 0.00000208. The molecule has 1 aliphatic rings. The molecule has 0 bridgehead atoms. The molecule has 0 spiro atoms. The standard InChI is InChI=1S/C18H23N3O2.ClH/c1-22-16-5-6-18(23-2)15(10-16)13-21-9-8-20-12-17(21)14-4-3-7-19-11-14;/h3-7,10-11,17,20H,8-9,12-13H2,1-2H3;1H. The van der Waals surface area contributed by atoms with Gasteiger partial charge in [0, 0.05) is 50.2 Å². The Bertz CT molecular complexity index is 639. The Kier molecular flexibility index (Phi) is 6.85. The first-order valence-corrected chi connectivity index (χ1v) is 7.87. The molecule has 0 radical (unpaired) electrons. The summed E-state index contributed by atoms with van der Waals surface area (Å²) in [5.41, 5.74) is 2.38. The first kappa shape index (κ1) is 18.5. The minimum Gasteiger partial charge on any atom is -0.497 e. The number of nitrogens with zero attached hydrogens (tertiary/aromatic N) is 2. The van der Waals surface area contributed by atoms with Crippen LogP contribution in [0.2, 0.25) is 0 Å². The average Bonchev–Trinajstić information content (AvgIpc) is 2.63. The van der Waals surface area contributed by atoms with Gasteiger partial charge in [0.1, 0.15) is 11.5 Å². The molecule has 5 nitrogen and oxygen atoms in total. The van der Waals surface area contributed by atoms with Crippen molar-refractivity contribution in [3.8, 4) is 11.5 Å². The number of hydrogen-bond donors (Lipinski definition) is 1. The summed E-state index contributed by atoms with van der Waals surface area (Å²) < 4.78 is 10.9. The quantitative estimate of drug-likeness (QED) is 0.899. The van der Waals surface area contributed by atoms with Crippen LogP contribution in [0.4, 0.5) is 0 Å². The minimum absolute atomic E-state index is 0. The Morgan fingerprint density at radius 1 is 1.25 bits per heavy atom. The highest BCUT2D eigenvalue weighted by Crippen LogP contribution is 2.29. The zero-order valence-electron chi connectivity index (χ0n) is 14.1. The SMILES string of the molecule is COc1ccc(OC)c(CN2CCNCC2c2cccnc2)c1.Cl. The highest BCUT2D eigenvalue weighted by Gasteiger charge is 2.25. The zero-order chi connectivity index (χ0) is 16.1. The molecule has 1 aromatic heterocycles. The van der Waals surface area contributed by atoms with Gasteiger partial charge in [-0.1, -0.05) is 6.07 Å². The van der Waals surface area contributed by atoms with E-state index in [2.05, 4.69) is 27.3 Å². The summed E-state index contributed by atoms with van der Waals surface area (Å²) in [6, 6.07) is 10.4. The van der Waals surface area contributed by atoms with E-state index in [-0.39, 0.29) is 12.4 Å². The van der Waals surface area contributed by atoms with E-state index in [1.165, 1.54) is 5.56 Å². The molecule has 1 fully saturated rings. The molecule has 3 rings (SSSR count). The van der Waals surface area contributed by atoms with Crippen LogP contribution in [0.15, 0.2) is 42.7 Å². The number of pyridine rings is 1. The van der Waals surface area contributed by atoms with E-state index in [9.17, 15) is 0 Å². The lowest BCUT2D eigenvalue weighted by Crippen LogP contribution is -2.45. The third kappa shape index (κ3) is 4.17. The zero-order valence-corrected chi connectivity index (χ0v) is 14.9. The Hall–Kier alpha value is -1.82. The van der Waals surface area contributed by atoms with Gasteiger partial charge in [-0.25, -0.2) is 0 Å². The van der Waals surface area contributed by atoms with Crippen LogP contribution >= 0.6 is 12.4 Å². The van der Waals surface area contributed by atoms with Crippen LogP contribution in [-0.4, -0.2) is 43.7 Å². The van der Waals surface area contributed by atoms with Gasteiger partial charge < -0.3 is 14.8 Å². The fraction of sp³-hybridized carbons (Fsp3) is 0.389. The van der Waals surface area contributed by atoms with Gasteiger partial charge >= 0.3 is 0 Å². The molecule has 0 amide bonds. The lowest BCUT2D eigenvalue weighted by atomic mass is 10.0. The molecular formula is C18H24ClN3O2. The van der Waals surface area contributed by atoms with Crippen molar-refractivity contribution in [3.05, 3.63) is 53.9 Å². The van der Waals surface area contributed by atoms with Crippen LogP contribution in [0.1, 0.15) is 17.2 Å². The van der Waals surface area contributed by atoms with Crippen molar-refractivity contribution in [1.82, 2.24) is 15.2 Å². The van der Waals surface area contributed by atoms with E-state index >= 15 is 0 Å². The van der Waals surface area contributed by atoms with E-state index in [0.717, 1.165) is 43.2 Å². The van der Waals surface area contributed by atoms with Crippen molar-refractivity contribution < 1.29 is 9.47 Å². The van der Waals surface area contributed by atoms with Crippen molar-refractivity contribution in [2.45, 2.75) is 12.6 Å². The number of aromatic nitrogens is 1. The summed E-state index contributed by atoms with van der Waals surface area (Å²) in [6.45, 7) is 3.72. The molecule has 1 aromatic carbocycles. The van der Waals surface area contributed by atoms with Crippen molar-refractivity contribution in [2.75, 3.05) is 33.9 Å². The number of methoxy groups -OCH3 is 2. The van der Waals surface area contributed by atoms with Crippen molar-refractivity contribution in [2.24, 2.45) is 0 Å². The van der Waals surface area contributed by atoms with Gasteiger partial charge in [-0.15, -0.1) is 12.4 Å². The molecule has 2 heterocycles. The van der Waals surface area contributed by atoms with E-state index in [0.29, 0.717) is 6.04 Å². The summed E-state index contributed by atoms with van der Waals surface area (Å²) in [7, 11) is 3.40. The normalized spacial score (nSPS) is 17.8. The predicted octanol–water partition coefficient (Wildman–Crippen LogP) is 2.67. The molecule has 6 heteroatoms. The second-order valence-electron chi connectivity index (χ2n) is 5.65. The van der Waals surface area contributed by atoms with Gasteiger partial charge in [-0.05, 0) is 29.8 Å². The summed E-state index contributed by atoms with van der Waals surface area (Å²) >= 11 is 0. The third-order valence-corrected chi connectivity index (χ3v) is 4.28. The van der Waals surface area contributed by atoms with Crippen LogP contribution in [0.3, 0.4) is 0 Å². The number of benzene rings is 1. The Morgan fingerprint density at radius 3 is 2.83 bits per heavy atom. The maximum Gasteiger partial charge on any atom is 0.123 e. The first-order valence-electron chi connectivity index (χ1n) is 7.87. The van der Waals surface area contributed by atoms with Crippen molar-refractivity contribution in [1.29, 1.82) is 0 Å². The lowest BCUT2D eigenvalue weighted by molar-refractivity contribution is 0.152. The monoisotopic (exact) mass is 349 g/mol. The second-order valence-corrected chi connectivity index (χ2v) is 5.65. The lowest BCUT2D eigenvalue weighted by Gasteiger charge is -2.36. The Morgan fingerprint density at radius 2 is 2.12 bits per heavy atom. The highest BCUT2D eigenvalue weighted by molar-refractivity contribution is 5.85. The number of hydrogen-bond acceptors (Lipinski definition) is 5. The largest absolute Gasteiger partial charge is 0.497 e. The fourth-order valence-corrected chi connectivity index (χ4v) is 3.06. The molecule has 1 unspecified atom stereocenters. The number of rotatable bonds is 5. The molecule has 130 valence electrons. The molecule has 1 saturated heterocycles. The number of halogens is 1. The summed E-state index contributed by atoms with van der Waals surface area (Å²) in [5, 5.41) is 3.47. The molecule has 0 aliphatic carbocycles. The highest BCUT2D eigenvalue weighted by atomic mass is 35.5. The predicted molar refractivity (Wildman–Crippen MR) is 97.1 cm³/mol. The van der Waals surface area contributed by atoms with Gasteiger partial charge in [0.25, 0.3) is 0 Å². The Labute approximate surface area is 149 Å². The van der Waals surface area contributed by atoms with Gasteiger partial charge in [0.15, 0.2) is 0 Å². The molecular weight excluding hydrogens is 326 g/mol. The smallest absolute Gasteiger partial charge is 0.123 e. The van der Waals surface area contributed by atoms with E-state index in [1.54, 1.807) is 14.2 Å². The van der Waals surface area contributed by atoms with Crippen LogP contribution in [-0.2, 0) is 6.54 Å². The average molecular weight is 350 g/mol. The van der Waals surface area contributed by atoms with Crippen LogP contribution in [0, 0.1) is 0 Å². The van der Waals surface area contributed by atoms with Gasteiger partial charge in [-0.2, -0.15) is 0 Å². The first-order chi connectivity index (χ1) is 11.3. The summed E-state index contributed by atoms with van der Waals surface area (Å²) in [6.07, 6.45) is 3.77. The molecule has 0 saturated carbocycles. The topological polar surface area (TPSA) is 46.6 Å². The minimum atomic E-state index is 0. The third-order valence-electron chi connectivity index (χ3n) is 4.28. The number of nitrogens with one attached hydrogen (secondary N) is 1. The van der Waals surface area contributed by atoms with E-state index in [4.69, 9.17) is 9.47 Å². The fourth-order valence-electron chi connectivity index (χ4n) is 3.06. The van der Waals surface area contributed by atoms with E-state index < -0.39 is 0 Å². The van der Waals surface area contributed by atoms with Crippen LogP contribution in [0.25, 0.3) is 0 Å². The maximum absolute atomic E-state index is 5.52. The number of piperazine rings is 1. The van der Waals surface area contributed by atoms with Crippen molar-refractivity contribution >= 4 is 12.4 Å². The van der Waals surface area contributed by atoms with Gasteiger partial charge in [-0.3, -0.25) is 9.88 Å². The van der Waals surface area contributed by atoms with Crippen LogP contribution in [0.5, 0.6) is 11.5 Å². The van der Waals surface area contributed by atoms with Crippen LogP contribution < -0.4 is 14.8 Å². The summed E-state index contributed by atoms with van der Waals surface area (Å²) in [5.74, 6) is 1.75. The molecule has 1 atom stereocenters. The molecule has 24 heavy (non-hydrogen) atoms. The van der Waals surface area contributed by atoms with E-state index in [1.807, 2.05) is 30.6 Å². The molecule has 2 aromatic rings.